The lowest BCUT2D eigenvalue weighted by Crippen LogP contribution is -2.24. The monoisotopic (exact) mass is 312 g/mol. The van der Waals surface area contributed by atoms with Gasteiger partial charge in [0.2, 0.25) is 0 Å². The number of rotatable bonds is 6. The summed E-state index contributed by atoms with van der Waals surface area (Å²) in [7, 11) is 0. The molecule has 0 aliphatic rings. The molecule has 1 N–H and O–H groups in total. The van der Waals surface area contributed by atoms with E-state index in [1.165, 1.54) is 12.8 Å². The van der Waals surface area contributed by atoms with Gasteiger partial charge < -0.3 is 5.32 Å². The van der Waals surface area contributed by atoms with Crippen LogP contribution in [-0.4, -0.2) is 11.0 Å². The van der Waals surface area contributed by atoms with Crippen molar-refractivity contribution in [1.82, 2.24) is 4.98 Å². The Morgan fingerprint density at radius 3 is 2.11 bits per heavy atom. The molecule has 0 aliphatic carbocycles. The molecule has 0 amide bonds. The highest BCUT2D eigenvalue weighted by molar-refractivity contribution is 9.10. The summed E-state index contributed by atoms with van der Waals surface area (Å²) in [5, 5.41) is 3.65. The van der Waals surface area contributed by atoms with Crippen LogP contribution in [0.5, 0.6) is 0 Å². The molecule has 0 aliphatic heterocycles. The number of halogens is 1. The molecule has 1 aromatic rings. The maximum Gasteiger partial charge on any atom is 0.106 e. The zero-order valence-electron chi connectivity index (χ0n) is 12.1. The Bertz CT molecular complexity index is 365. The summed E-state index contributed by atoms with van der Waals surface area (Å²) in [6.45, 7) is 11.2. The Hall–Kier alpha value is -0.570. The standard InChI is InChI=1S/C15H25BrN2/c1-10(2)8-13(9-11(3)4)18-14-6-7-15(16)17-12(14)5/h6-7,10-11,13,18H,8-9H2,1-5H3. The van der Waals surface area contributed by atoms with Gasteiger partial charge in [0.15, 0.2) is 0 Å². The molecule has 0 bridgehead atoms. The molecule has 102 valence electrons. The molecule has 1 rings (SSSR count). The fourth-order valence-electron chi connectivity index (χ4n) is 2.26. The number of aryl methyl sites for hydroxylation is 1. The van der Waals surface area contributed by atoms with Crippen LogP contribution in [0.2, 0.25) is 0 Å². The molecular weight excluding hydrogens is 288 g/mol. The van der Waals surface area contributed by atoms with E-state index in [-0.39, 0.29) is 0 Å². The Kier molecular flexibility index (Phi) is 6.13. The van der Waals surface area contributed by atoms with Crippen molar-refractivity contribution in [3.05, 3.63) is 22.4 Å². The molecular formula is C15H25BrN2. The summed E-state index contributed by atoms with van der Waals surface area (Å²) in [5.41, 5.74) is 2.21. The Balaban J connectivity index is 2.75. The van der Waals surface area contributed by atoms with Crippen molar-refractivity contribution in [3.8, 4) is 0 Å². The number of nitrogens with one attached hydrogen (secondary N) is 1. The maximum absolute atomic E-state index is 4.44. The van der Waals surface area contributed by atoms with Crippen molar-refractivity contribution in [2.24, 2.45) is 11.8 Å². The minimum atomic E-state index is 0.534. The number of nitrogens with zero attached hydrogens (tertiary/aromatic N) is 1. The molecule has 0 radical (unpaired) electrons. The number of hydrogen-bond donors (Lipinski definition) is 1. The molecule has 2 nitrogen and oxygen atoms in total. The fraction of sp³-hybridized carbons (Fsp3) is 0.667. The van der Waals surface area contributed by atoms with Crippen molar-refractivity contribution in [1.29, 1.82) is 0 Å². The topological polar surface area (TPSA) is 24.9 Å². The van der Waals surface area contributed by atoms with E-state index in [4.69, 9.17) is 0 Å². The maximum atomic E-state index is 4.44. The zero-order chi connectivity index (χ0) is 13.7. The summed E-state index contributed by atoms with van der Waals surface area (Å²) < 4.78 is 0.898. The number of anilines is 1. The van der Waals surface area contributed by atoms with Gasteiger partial charge in [0.25, 0.3) is 0 Å². The summed E-state index contributed by atoms with van der Waals surface area (Å²) >= 11 is 3.40. The van der Waals surface area contributed by atoms with Crippen LogP contribution in [-0.2, 0) is 0 Å². The third kappa shape index (κ3) is 5.38. The number of pyridine rings is 1. The number of aromatic nitrogens is 1. The van der Waals surface area contributed by atoms with Gasteiger partial charge in [-0.3, -0.25) is 0 Å². The van der Waals surface area contributed by atoms with E-state index in [1.807, 2.05) is 6.07 Å². The van der Waals surface area contributed by atoms with Crippen molar-refractivity contribution >= 4 is 21.6 Å². The van der Waals surface area contributed by atoms with E-state index in [0.717, 1.165) is 16.0 Å². The van der Waals surface area contributed by atoms with Gasteiger partial charge in [-0.2, -0.15) is 0 Å². The van der Waals surface area contributed by atoms with Crippen LogP contribution < -0.4 is 5.32 Å². The lowest BCUT2D eigenvalue weighted by Gasteiger charge is -2.24. The van der Waals surface area contributed by atoms with Crippen molar-refractivity contribution in [2.45, 2.75) is 53.5 Å². The van der Waals surface area contributed by atoms with Gasteiger partial charge in [-0.25, -0.2) is 4.98 Å². The third-order valence-electron chi connectivity index (χ3n) is 2.92. The van der Waals surface area contributed by atoms with Crippen molar-refractivity contribution in [2.75, 3.05) is 5.32 Å². The highest BCUT2D eigenvalue weighted by Crippen LogP contribution is 2.22. The van der Waals surface area contributed by atoms with Crippen LogP contribution in [0.15, 0.2) is 16.7 Å². The van der Waals surface area contributed by atoms with Crippen LogP contribution in [0.1, 0.15) is 46.2 Å². The SMILES string of the molecule is Cc1nc(Br)ccc1NC(CC(C)C)CC(C)C. The van der Waals surface area contributed by atoms with E-state index in [2.05, 4.69) is 66.9 Å². The molecule has 0 spiro atoms. The first-order chi connectivity index (χ1) is 8.38. The molecule has 1 aromatic heterocycles. The predicted molar refractivity (Wildman–Crippen MR) is 83.0 cm³/mol. The number of hydrogen-bond acceptors (Lipinski definition) is 2. The predicted octanol–water partition coefficient (Wildman–Crippen LogP) is 5.03. The van der Waals surface area contributed by atoms with E-state index < -0.39 is 0 Å². The fourth-order valence-corrected chi connectivity index (χ4v) is 2.65. The van der Waals surface area contributed by atoms with Crippen LogP contribution in [0.3, 0.4) is 0 Å². The van der Waals surface area contributed by atoms with E-state index in [0.29, 0.717) is 17.9 Å². The van der Waals surface area contributed by atoms with Gasteiger partial charge >= 0.3 is 0 Å². The molecule has 0 saturated carbocycles. The van der Waals surface area contributed by atoms with Crippen LogP contribution in [0.4, 0.5) is 5.69 Å². The summed E-state index contributed by atoms with van der Waals surface area (Å²) in [6, 6.07) is 4.64. The van der Waals surface area contributed by atoms with Gasteiger partial charge in [0.1, 0.15) is 4.60 Å². The Morgan fingerprint density at radius 2 is 1.67 bits per heavy atom. The van der Waals surface area contributed by atoms with Gasteiger partial charge in [-0.15, -0.1) is 0 Å². The minimum absolute atomic E-state index is 0.534. The first kappa shape index (κ1) is 15.5. The lowest BCUT2D eigenvalue weighted by atomic mass is 9.95. The van der Waals surface area contributed by atoms with E-state index in [1.54, 1.807) is 0 Å². The average Bonchev–Trinajstić information content (AvgIpc) is 2.20. The zero-order valence-corrected chi connectivity index (χ0v) is 13.7. The van der Waals surface area contributed by atoms with Crippen LogP contribution in [0, 0.1) is 18.8 Å². The first-order valence-electron chi connectivity index (χ1n) is 6.78. The lowest BCUT2D eigenvalue weighted by molar-refractivity contribution is 0.442. The van der Waals surface area contributed by atoms with Crippen LogP contribution in [0.25, 0.3) is 0 Å². The van der Waals surface area contributed by atoms with Gasteiger partial charge in [-0.05, 0) is 59.7 Å². The highest BCUT2D eigenvalue weighted by atomic mass is 79.9. The summed E-state index contributed by atoms with van der Waals surface area (Å²) in [6.07, 6.45) is 2.40. The average molecular weight is 313 g/mol. The Labute approximate surface area is 120 Å². The second-order valence-corrected chi connectivity index (χ2v) is 6.68. The molecule has 0 aromatic carbocycles. The molecule has 0 fully saturated rings. The molecule has 1 heterocycles. The molecule has 3 heteroatoms. The third-order valence-corrected chi connectivity index (χ3v) is 3.36. The molecule has 0 unspecified atom stereocenters. The molecule has 0 saturated heterocycles. The second kappa shape index (κ2) is 7.13. The smallest absolute Gasteiger partial charge is 0.106 e. The second-order valence-electron chi connectivity index (χ2n) is 5.87. The van der Waals surface area contributed by atoms with Crippen LogP contribution >= 0.6 is 15.9 Å². The quantitative estimate of drug-likeness (QED) is 0.745. The van der Waals surface area contributed by atoms with Crippen molar-refractivity contribution < 1.29 is 0 Å². The van der Waals surface area contributed by atoms with Gasteiger partial charge in [-0.1, -0.05) is 27.7 Å². The molecule has 18 heavy (non-hydrogen) atoms. The van der Waals surface area contributed by atoms with Gasteiger partial charge in [0.05, 0.1) is 11.4 Å². The largest absolute Gasteiger partial charge is 0.381 e. The first-order valence-corrected chi connectivity index (χ1v) is 7.57. The van der Waals surface area contributed by atoms with Crippen molar-refractivity contribution in [3.63, 3.8) is 0 Å². The summed E-state index contributed by atoms with van der Waals surface area (Å²) in [4.78, 5) is 4.44. The van der Waals surface area contributed by atoms with Gasteiger partial charge in [0, 0.05) is 6.04 Å². The normalized spacial score (nSPS) is 11.6. The van der Waals surface area contributed by atoms with E-state index in [9.17, 15) is 0 Å². The highest BCUT2D eigenvalue weighted by Gasteiger charge is 2.14. The molecule has 0 atom stereocenters. The van der Waals surface area contributed by atoms with E-state index >= 15 is 0 Å². The summed E-state index contributed by atoms with van der Waals surface area (Å²) in [5.74, 6) is 1.43. The Morgan fingerprint density at radius 1 is 1.11 bits per heavy atom. The minimum Gasteiger partial charge on any atom is -0.381 e.